The molecule has 2 N–H and O–H groups in total. The zero-order valence-electron chi connectivity index (χ0n) is 12.4. The maximum absolute atomic E-state index is 10.6. The van der Waals surface area contributed by atoms with Crippen LogP contribution >= 0.6 is 47.2 Å². The van der Waals surface area contributed by atoms with E-state index in [1.54, 1.807) is 18.2 Å². The number of halogens is 4. The van der Waals surface area contributed by atoms with Gasteiger partial charge in [-0.25, -0.2) is 0 Å². The molecule has 0 fully saturated rings. The van der Waals surface area contributed by atoms with Crippen molar-refractivity contribution < 1.29 is 4.92 Å². The minimum absolute atomic E-state index is 0. The molecule has 9 heteroatoms. The van der Waals surface area contributed by atoms with Gasteiger partial charge in [-0.05, 0) is 23.8 Å². The Kier molecular flexibility index (Phi) is 8.59. The molecule has 0 amide bonds. The van der Waals surface area contributed by atoms with E-state index in [4.69, 9.17) is 34.8 Å². The van der Waals surface area contributed by atoms with Crippen molar-refractivity contribution in [1.29, 1.82) is 0 Å². The van der Waals surface area contributed by atoms with Crippen molar-refractivity contribution in [2.75, 3.05) is 18.4 Å². The van der Waals surface area contributed by atoms with Gasteiger partial charge in [0.05, 0.1) is 15.6 Å². The Morgan fingerprint density at radius 3 is 2.38 bits per heavy atom. The van der Waals surface area contributed by atoms with Gasteiger partial charge in [-0.15, -0.1) is 12.4 Å². The summed E-state index contributed by atoms with van der Waals surface area (Å²) in [6.45, 7) is 1.90. The molecule has 0 radical (unpaired) electrons. The molecular formula is C15H15Cl4N3O2. The molecule has 0 aliphatic carbocycles. The van der Waals surface area contributed by atoms with Crippen LogP contribution in [0.15, 0.2) is 36.4 Å². The summed E-state index contributed by atoms with van der Waals surface area (Å²) in [4.78, 5) is 10.2. The van der Waals surface area contributed by atoms with E-state index >= 15 is 0 Å². The van der Waals surface area contributed by atoms with E-state index in [1.165, 1.54) is 12.1 Å². The van der Waals surface area contributed by atoms with E-state index in [9.17, 15) is 10.1 Å². The smallest absolute Gasteiger partial charge is 0.271 e. The number of non-ortho nitro benzene ring substituents is 1. The van der Waals surface area contributed by atoms with Gasteiger partial charge in [-0.1, -0.05) is 40.9 Å². The van der Waals surface area contributed by atoms with Crippen LogP contribution in [0.25, 0.3) is 0 Å². The minimum atomic E-state index is -0.479. The minimum Gasteiger partial charge on any atom is -0.383 e. The van der Waals surface area contributed by atoms with Crippen LogP contribution in [0.1, 0.15) is 5.56 Å². The van der Waals surface area contributed by atoms with Crippen molar-refractivity contribution >= 4 is 58.6 Å². The van der Waals surface area contributed by atoms with Crippen molar-refractivity contribution in [3.63, 3.8) is 0 Å². The summed E-state index contributed by atoms with van der Waals surface area (Å²) in [5.41, 5.74) is 1.59. The van der Waals surface area contributed by atoms with Crippen LogP contribution in [-0.4, -0.2) is 18.0 Å². The molecule has 130 valence electrons. The van der Waals surface area contributed by atoms with E-state index < -0.39 is 4.92 Å². The van der Waals surface area contributed by atoms with Crippen LogP contribution in [-0.2, 0) is 6.54 Å². The molecular weight excluding hydrogens is 396 g/mol. The van der Waals surface area contributed by atoms with Crippen molar-refractivity contribution in [2.45, 2.75) is 6.54 Å². The lowest BCUT2D eigenvalue weighted by atomic mass is 10.2. The number of hydrogen-bond acceptors (Lipinski definition) is 4. The summed E-state index contributed by atoms with van der Waals surface area (Å²) in [6.07, 6.45) is 0. The second-order valence-corrected chi connectivity index (χ2v) is 6.01. The van der Waals surface area contributed by atoms with E-state index in [2.05, 4.69) is 10.6 Å². The quantitative estimate of drug-likeness (QED) is 0.375. The van der Waals surface area contributed by atoms with Crippen LogP contribution in [0.5, 0.6) is 0 Å². The van der Waals surface area contributed by atoms with Crippen LogP contribution in [0.3, 0.4) is 0 Å². The third kappa shape index (κ3) is 6.00. The maximum atomic E-state index is 10.6. The van der Waals surface area contributed by atoms with Crippen LogP contribution in [0.2, 0.25) is 15.1 Å². The Balaban J connectivity index is 0.00000288. The average Bonchev–Trinajstić information content (AvgIpc) is 2.50. The highest BCUT2D eigenvalue weighted by molar-refractivity contribution is 6.35. The largest absolute Gasteiger partial charge is 0.383 e. The van der Waals surface area contributed by atoms with Gasteiger partial charge in [0.15, 0.2) is 0 Å². The lowest BCUT2D eigenvalue weighted by Gasteiger charge is -2.10. The number of benzene rings is 2. The molecule has 0 aromatic heterocycles. The number of rotatable bonds is 7. The summed E-state index contributed by atoms with van der Waals surface area (Å²) >= 11 is 17.9. The average molecular weight is 411 g/mol. The summed E-state index contributed by atoms with van der Waals surface area (Å²) in [5.74, 6) is 0. The van der Waals surface area contributed by atoms with Gasteiger partial charge in [0.25, 0.3) is 5.69 Å². The fourth-order valence-corrected chi connectivity index (χ4v) is 2.65. The van der Waals surface area contributed by atoms with Gasteiger partial charge in [-0.3, -0.25) is 10.1 Å². The molecule has 0 aliphatic heterocycles. The summed E-state index contributed by atoms with van der Waals surface area (Å²) in [5, 5.41) is 18.5. The van der Waals surface area contributed by atoms with Gasteiger partial charge >= 0.3 is 0 Å². The third-order valence-electron chi connectivity index (χ3n) is 3.11. The lowest BCUT2D eigenvalue weighted by Crippen LogP contribution is -2.22. The highest BCUT2D eigenvalue weighted by Crippen LogP contribution is 2.26. The van der Waals surface area contributed by atoms with Crippen LogP contribution in [0, 0.1) is 10.1 Å². The fraction of sp³-hybridized carbons (Fsp3) is 0.200. The number of nitro benzene ring substituents is 1. The molecule has 0 unspecified atom stereocenters. The Morgan fingerprint density at radius 2 is 1.75 bits per heavy atom. The van der Waals surface area contributed by atoms with Gasteiger partial charge < -0.3 is 10.6 Å². The van der Waals surface area contributed by atoms with Crippen LogP contribution < -0.4 is 10.6 Å². The van der Waals surface area contributed by atoms with Gasteiger partial charge in [0, 0.05) is 41.8 Å². The molecule has 0 heterocycles. The molecule has 0 aliphatic rings. The van der Waals surface area contributed by atoms with Crippen LogP contribution in [0.4, 0.5) is 11.4 Å². The second kappa shape index (κ2) is 9.91. The van der Waals surface area contributed by atoms with Crippen molar-refractivity contribution in [1.82, 2.24) is 5.32 Å². The first-order valence-electron chi connectivity index (χ1n) is 6.80. The molecule has 0 saturated heterocycles. The number of anilines is 1. The first kappa shape index (κ1) is 20.8. The monoisotopic (exact) mass is 409 g/mol. The number of nitro groups is 1. The first-order valence-corrected chi connectivity index (χ1v) is 7.93. The van der Waals surface area contributed by atoms with Gasteiger partial charge in [0.1, 0.15) is 0 Å². The highest BCUT2D eigenvalue weighted by Gasteiger charge is 2.08. The molecule has 0 saturated carbocycles. The van der Waals surface area contributed by atoms with E-state index in [0.717, 1.165) is 5.56 Å². The molecule has 2 rings (SSSR count). The molecule has 5 nitrogen and oxygen atoms in total. The molecule has 2 aromatic carbocycles. The molecule has 0 spiro atoms. The van der Waals surface area contributed by atoms with E-state index in [0.29, 0.717) is 40.4 Å². The number of nitrogens with zero attached hydrogens (tertiary/aromatic N) is 1. The van der Waals surface area contributed by atoms with Gasteiger partial charge in [-0.2, -0.15) is 0 Å². The Morgan fingerprint density at radius 1 is 1.00 bits per heavy atom. The standard InChI is InChI=1S/C15H14Cl3N3O2.ClH/c16-11-2-1-10(13(17)7-11)9-19-5-6-20-15-4-3-12(21(22)23)8-14(15)18;/h1-4,7-8,19-20H,5-6,9H2;1H. The normalized spacial score (nSPS) is 10.1. The molecule has 2 aromatic rings. The molecule has 0 atom stereocenters. The number of hydrogen-bond donors (Lipinski definition) is 2. The fourth-order valence-electron chi connectivity index (χ4n) is 1.93. The third-order valence-corrected chi connectivity index (χ3v) is 4.01. The molecule has 24 heavy (non-hydrogen) atoms. The second-order valence-electron chi connectivity index (χ2n) is 4.76. The Hall–Kier alpha value is -1.24. The SMILES string of the molecule is Cl.O=[N+]([O-])c1ccc(NCCNCc2ccc(Cl)cc2Cl)c(Cl)c1. The van der Waals surface area contributed by atoms with Gasteiger partial charge in [0.2, 0.25) is 0 Å². The Labute approximate surface area is 160 Å². The van der Waals surface area contributed by atoms with E-state index in [1.807, 2.05) is 6.07 Å². The van der Waals surface area contributed by atoms with Crippen molar-refractivity contribution in [3.05, 3.63) is 67.1 Å². The summed E-state index contributed by atoms with van der Waals surface area (Å²) in [6, 6.07) is 9.70. The highest BCUT2D eigenvalue weighted by atomic mass is 35.5. The lowest BCUT2D eigenvalue weighted by molar-refractivity contribution is -0.384. The predicted molar refractivity (Wildman–Crippen MR) is 102 cm³/mol. The summed E-state index contributed by atoms with van der Waals surface area (Å²) in [7, 11) is 0. The first-order chi connectivity index (χ1) is 11.0. The van der Waals surface area contributed by atoms with Crippen molar-refractivity contribution in [2.24, 2.45) is 0 Å². The van der Waals surface area contributed by atoms with Crippen molar-refractivity contribution in [3.8, 4) is 0 Å². The topological polar surface area (TPSA) is 67.2 Å². The molecule has 0 bridgehead atoms. The zero-order valence-corrected chi connectivity index (χ0v) is 15.5. The summed E-state index contributed by atoms with van der Waals surface area (Å²) < 4.78 is 0. The number of nitrogens with one attached hydrogen (secondary N) is 2. The van der Waals surface area contributed by atoms with E-state index in [-0.39, 0.29) is 18.1 Å². The zero-order chi connectivity index (χ0) is 16.8. The Bertz CT molecular complexity index is 713. The maximum Gasteiger partial charge on any atom is 0.271 e. The predicted octanol–water partition coefficient (Wildman–Crippen LogP) is 5.18.